The number of halogens is 1. The van der Waals surface area contributed by atoms with Gasteiger partial charge in [-0.15, -0.1) is 10.2 Å². The third-order valence-corrected chi connectivity index (χ3v) is 3.80. The smallest absolute Gasteiger partial charge is 0.321 e. The summed E-state index contributed by atoms with van der Waals surface area (Å²) in [6.07, 6.45) is -0.671. The molecule has 0 aliphatic rings. The molecule has 0 saturated heterocycles. The van der Waals surface area contributed by atoms with Gasteiger partial charge in [0.05, 0.1) is 5.75 Å². The highest BCUT2D eigenvalue weighted by Gasteiger charge is 2.19. The van der Waals surface area contributed by atoms with Gasteiger partial charge in [-0.1, -0.05) is 23.9 Å². The summed E-state index contributed by atoms with van der Waals surface area (Å²) < 4.78 is 24.5. The van der Waals surface area contributed by atoms with Gasteiger partial charge in [0.25, 0.3) is 11.1 Å². The molecule has 0 spiro atoms. The Balaban J connectivity index is 1.84. The maximum atomic E-state index is 13.6. The summed E-state index contributed by atoms with van der Waals surface area (Å²) >= 11 is 0.974. The van der Waals surface area contributed by atoms with E-state index in [-0.39, 0.29) is 22.6 Å². The van der Waals surface area contributed by atoms with Crippen molar-refractivity contribution in [3.05, 3.63) is 36.0 Å². The number of rotatable bonds is 6. The lowest BCUT2D eigenvalue weighted by Crippen LogP contribution is -2.48. The lowest BCUT2D eigenvalue weighted by molar-refractivity contribution is -0.117. The molecule has 2 rings (SSSR count). The van der Waals surface area contributed by atoms with Gasteiger partial charge >= 0.3 is 6.03 Å². The van der Waals surface area contributed by atoms with Crippen molar-refractivity contribution in [2.45, 2.75) is 44.6 Å². The fourth-order valence-electron chi connectivity index (χ4n) is 1.89. The van der Waals surface area contributed by atoms with E-state index in [0.717, 1.165) is 11.8 Å². The van der Waals surface area contributed by atoms with Gasteiger partial charge in [-0.25, -0.2) is 9.18 Å². The van der Waals surface area contributed by atoms with Crippen molar-refractivity contribution in [1.82, 2.24) is 20.8 Å². The number of urea groups is 1. The number of nitrogens with zero attached hydrogens (tertiary/aromatic N) is 2. The molecule has 27 heavy (non-hydrogen) atoms. The third kappa shape index (κ3) is 6.89. The quantitative estimate of drug-likeness (QED) is 0.723. The first kappa shape index (κ1) is 20.7. The van der Waals surface area contributed by atoms with Crippen LogP contribution in [0.1, 0.15) is 39.7 Å². The van der Waals surface area contributed by atoms with Crippen molar-refractivity contribution in [1.29, 1.82) is 0 Å². The minimum absolute atomic E-state index is 0.0710. The highest BCUT2D eigenvalue weighted by atomic mass is 32.2. The third-order valence-electron chi connectivity index (χ3n) is 2.98. The molecule has 146 valence electrons. The van der Waals surface area contributed by atoms with Crippen LogP contribution in [0.25, 0.3) is 0 Å². The van der Waals surface area contributed by atoms with Gasteiger partial charge in [0.15, 0.2) is 17.7 Å². The first-order valence-electron chi connectivity index (χ1n) is 8.13. The molecule has 2 aromatic rings. The van der Waals surface area contributed by atoms with E-state index in [1.54, 1.807) is 39.8 Å². The highest BCUT2D eigenvalue weighted by Crippen LogP contribution is 2.25. The second kappa shape index (κ2) is 8.85. The van der Waals surface area contributed by atoms with E-state index in [1.165, 1.54) is 12.1 Å². The molecule has 10 heteroatoms. The summed E-state index contributed by atoms with van der Waals surface area (Å²) in [6, 6.07) is 5.40. The molecule has 3 amide bonds. The fourth-order valence-corrected chi connectivity index (χ4v) is 2.46. The van der Waals surface area contributed by atoms with Crippen molar-refractivity contribution in [3.8, 4) is 5.75 Å². The molecule has 1 atom stereocenters. The van der Waals surface area contributed by atoms with E-state index >= 15 is 0 Å². The van der Waals surface area contributed by atoms with E-state index < -0.39 is 29.4 Å². The molecule has 0 saturated carbocycles. The topological polar surface area (TPSA) is 106 Å². The molecule has 0 aliphatic carbocycles. The minimum atomic E-state index is -0.671. The van der Waals surface area contributed by atoms with Gasteiger partial charge in [0.1, 0.15) is 0 Å². The number of nitrogens with one attached hydrogen (secondary N) is 2. The number of aromatic nitrogens is 2. The van der Waals surface area contributed by atoms with Crippen LogP contribution in [0.2, 0.25) is 0 Å². The first-order chi connectivity index (χ1) is 12.6. The molecule has 0 bridgehead atoms. The second-order valence-electron chi connectivity index (χ2n) is 6.64. The Bertz CT molecular complexity index is 806. The molecule has 0 radical (unpaired) electrons. The van der Waals surface area contributed by atoms with Crippen LogP contribution in [0.3, 0.4) is 0 Å². The Labute approximate surface area is 160 Å². The largest absolute Gasteiger partial charge is 0.478 e. The van der Waals surface area contributed by atoms with Crippen LogP contribution in [-0.2, 0) is 4.79 Å². The van der Waals surface area contributed by atoms with Crippen LogP contribution in [0.15, 0.2) is 33.9 Å². The summed E-state index contributed by atoms with van der Waals surface area (Å²) in [4.78, 5) is 23.4. The zero-order valence-electron chi connectivity index (χ0n) is 15.4. The molecule has 1 heterocycles. The summed E-state index contributed by atoms with van der Waals surface area (Å²) in [6.45, 7) is 7.04. The molecule has 0 aliphatic heterocycles. The molecule has 1 aromatic heterocycles. The predicted octanol–water partition coefficient (Wildman–Crippen LogP) is 3.07. The predicted molar refractivity (Wildman–Crippen MR) is 96.9 cm³/mol. The molecule has 0 unspecified atom stereocenters. The van der Waals surface area contributed by atoms with Gasteiger partial charge in [-0.2, -0.15) is 0 Å². The lowest BCUT2D eigenvalue weighted by Gasteiger charge is -2.20. The van der Waals surface area contributed by atoms with E-state index in [9.17, 15) is 14.0 Å². The van der Waals surface area contributed by atoms with Crippen LogP contribution in [-0.4, -0.2) is 33.4 Å². The lowest BCUT2D eigenvalue weighted by atomic mass is 10.1. The Morgan fingerprint density at radius 2 is 2.00 bits per heavy atom. The average molecular weight is 396 g/mol. The number of hydrogen-bond donors (Lipinski definition) is 2. The molecular weight excluding hydrogens is 375 g/mol. The van der Waals surface area contributed by atoms with E-state index in [4.69, 9.17) is 9.15 Å². The zero-order valence-corrected chi connectivity index (χ0v) is 16.2. The van der Waals surface area contributed by atoms with Crippen molar-refractivity contribution in [2.24, 2.45) is 0 Å². The molecule has 0 fully saturated rings. The number of carbonyl (C=O) groups excluding carboxylic acids is 2. The minimum Gasteiger partial charge on any atom is -0.478 e. The van der Waals surface area contributed by atoms with Crippen molar-refractivity contribution in [2.75, 3.05) is 5.75 Å². The van der Waals surface area contributed by atoms with E-state index in [0.29, 0.717) is 0 Å². The summed E-state index contributed by atoms with van der Waals surface area (Å²) in [7, 11) is 0. The standard InChI is InChI=1S/C17H21FN4O4S/c1-10(25-12-8-6-5-7-11(12)18)14-21-22-16(26-14)27-9-13(23)19-15(24)20-17(2,3)4/h5-8,10H,9H2,1-4H3,(H2,19,20,23,24)/t10-/m1/s1. The molecule has 2 N–H and O–H groups in total. The zero-order chi connectivity index (χ0) is 20.0. The van der Waals surface area contributed by atoms with Crippen LogP contribution in [0, 0.1) is 5.82 Å². The Morgan fingerprint density at radius 1 is 1.30 bits per heavy atom. The number of ether oxygens (including phenoxy) is 1. The average Bonchev–Trinajstić information content (AvgIpc) is 3.02. The fraction of sp³-hybridized carbons (Fsp3) is 0.412. The van der Waals surface area contributed by atoms with Crippen LogP contribution < -0.4 is 15.4 Å². The number of hydrogen-bond acceptors (Lipinski definition) is 7. The second-order valence-corrected chi connectivity index (χ2v) is 7.56. The summed E-state index contributed by atoms with van der Waals surface area (Å²) in [5.41, 5.74) is -0.451. The van der Waals surface area contributed by atoms with E-state index in [2.05, 4.69) is 20.8 Å². The van der Waals surface area contributed by atoms with Gasteiger partial charge in [0, 0.05) is 5.54 Å². The maximum absolute atomic E-state index is 13.6. The Kier molecular flexibility index (Phi) is 6.78. The number of para-hydroxylation sites is 1. The van der Waals surface area contributed by atoms with Gasteiger partial charge in [-0.05, 0) is 39.8 Å². The van der Waals surface area contributed by atoms with Crippen LogP contribution in [0.4, 0.5) is 9.18 Å². The number of benzene rings is 1. The van der Waals surface area contributed by atoms with Gasteiger partial charge in [0.2, 0.25) is 5.91 Å². The summed E-state index contributed by atoms with van der Waals surface area (Å²) in [5, 5.41) is 12.6. The van der Waals surface area contributed by atoms with Crippen molar-refractivity contribution in [3.63, 3.8) is 0 Å². The summed E-state index contributed by atoms with van der Waals surface area (Å²) in [5.74, 6) is -0.865. The normalized spacial score (nSPS) is 12.3. The van der Waals surface area contributed by atoms with Gasteiger partial charge in [-0.3, -0.25) is 10.1 Å². The Hall–Kier alpha value is -2.62. The maximum Gasteiger partial charge on any atom is 0.321 e. The highest BCUT2D eigenvalue weighted by molar-refractivity contribution is 7.99. The van der Waals surface area contributed by atoms with E-state index in [1.807, 2.05) is 0 Å². The van der Waals surface area contributed by atoms with Crippen LogP contribution >= 0.6 is 11.8 Å². The number of carbonyl (C=O) groups is 2. The number of imide groups is 1. The SMILES string of the molecule is C[C@@H](Oc1ccccc1F)c1nnc(SCC(=O)NC(=O)NC(C)(C)C)o1. The molecular formula is C17H21FN4O4S. The number of thioether (sulfide) groups is 1. The monoisotopic (exact) mass is 396 g/mol. The van der Waals surface area contributed by atoms with Crippen LogP contribution in [0.5, 0.6) is 5.75 Å². The van der Waals surface area contributed by atoms with Crippen molar-refractivity contribution < 1.29 is 23.1 Å². The first-order valence-corrected chi connectivity index (χ1v) is 9.12. The Morgan fingerprint density at radius 3 is 2.67 bits per heavy atom. The van der Waals surface area contributed by atoms with Gasteiger partial charge < -0.3 is 14.5 Å². The molecule has 8 nitrogen and oxygen atoms in total. The number of amides is 3. The molecule has 1 aromatic carbocycles. The van der Waals surface area contributed by atoms with Crippen molar-refractivity contribution >= 4 is 23.7 Å².